The average molecular weight is 293 g/mol. The van der Waals surface area contributed by atoms with Gasteiger partial charge in [0.25, 0.3) is 0 Å². The Hall–Kier alpha value is -1.33. The third-order valence-corrected chi connectivity index (χ3v) is 4.35. The molecule has 0 radical (unpaired) electrons. The Morgan fingerprint density at radius 1 is 1.40 bits per heavy atom. The standard InChI is InChI=1S/C15H20FN3S/c1-4-5-13-15(20-19-18-13)14(17-3)9-11-8-12(16)7-6-10(11)2/h6-8,14,17H,4-5,9H2,1-3H3. The summed E-state index contributed by atoms with van der Waals surface area (Å²) in [5.74, 6) is -0.184. The molecule has 20 heavy (non-hydrogen) atoms. The molecule has 2 rings (SSSR count). The van der Waals surface area contributed by atoms with Gasteiger partial charge < -0.3 is 5.32 Å². The highest BCUT2D eigenvalue weighted by Gasteiger charge is 2.18. The zero-order valence-corrected chi connectivity index (χ0v) is 12.9. The largest absolute Gasteiger partial charge is 0.312 e. The van der Waals surface area contributed by atoms with Crippen LogP contribution in [0.1, 0.15) is 41.1 Å². The number of aryl methyl sites for hydroxylation is 2. The van der Waals surface area contributed by atoms with Crippen LogP contribution in [0.3, 0.4) is 0 Å². The van der Waals surface area contributed by atoms with Gasteiger partial charge in [-0.1, -0.05) is 23.9 Å². The lowest BCUT2D eigenvalue weighted by atomic mass is 9.99. The average Bonchev–Trinajstić information content (AvgIpc) is 2.88. The monoisotopic (exact) mass is 293 g/mol. The molecule has 1 aromatic carbocycles. The van der Waals surface area contributed by atoms with E-state index in [0.717, 1.165) is 41.0 Å². The summed E-state index contributed by atoms with van der Waals surface area (Å²) in [7, 11) is 1.93. The second-order valence-corrected chi connectivity index (χ2v) is 5.74. The van der Waals surface area contributed by atoms with Crippen LogP contribution in [0, 0.1) is 12.7 Å². The van der Waals surface area contributed by atoms with E-state index in [4.69, 9.17) is 0 Å². The summed E-state index contributed by atoms with van der Waals surface area (Å²) in [6.45, 7) is 4.15. The minimum Gasteiger partial charge on any atom is -0.312 e. The van der Waals surface area contributed by atoms with E-state index >= 15 is 0 Å². The molecular weight excluding hydrogens is 273 g/mol. The highest BCUT2D eigenvalue weighted by molar-refractivity contribution is 7.05. The van der Waals surface area contributed by atoms with Gasteiger partial charge >= 0.3 is 0 Å². The molecule has 0 bridgehead atoms. The zero-order chi connectivity index (χ0) is 14.5. The first-order chi connectivity index (χ1) is 9.65. The number of hydrogen-bond acceptors (Lipinski definition) is 4. The first-order valence-electron chi connectivity index (χ1n) is 6.89. The number of benzene rings is 1. The fourth-order valence-electron chi connectivity index (χ4n) is 2.30. The van der Waals surface area contributed by atoms with Crippen molar-refractivity contribution in [1.82, 2.24) is 14.9 Å². The topological polar surface area (TPSA) is 37.8 Å². The Morgan fingerprint density at radius 3 is 2.90 bits per heavy atom. The van der Waals surface area contributed by atoms with Gasteiger partial charge in [-0.2, -0.15) is 0 Å². The van der Waals surface area contributed by atoms with Crippen LogP contribution in [0.25, 0.3) is 0 Å². The van der Waals surface area contributed by atoms with E-state index in [1.165, 1.54) is 17.6 Å². The van der Waals surface area contributed by atoms with Crippen LogP contribution in [-0.2, 0) is 12.8 Å². The maximum atomic E-state index is 13.4. The van der Waals surface area contributed by atoms with Gasteiger partial charge in [0.2, 0.25) is 0 Å². The lowest BCUT2D eigenvalue weighted by Crippen LogP contribution is -2.19. The second-order valence-electron chi connectivity index (χ2n) is 4.95. The predicted octanol–water partition coefficient (Wildman–Crippen LogP) is 3.44. The quantitative estimate of drug-likeness (QED) is 0.886. The fraction of sp³-hybridized carbons (Fsp3) is 0.467. The first kappa shape index (κ1) is 15.1. The fourth-order valence-corrected chi connectivity index (χ4v) is 3.10. The van der Waals surface area contributed by atoms with Crippen molar-refractivity contribution in [2.75, 3.05) is 7.05 Å². The van der Waals surface area contributed by atoms with Crippen LogP contribution >= 0.6 is 11.5 Å². The molecule has 1 heterocycles. The summed E-state index contributed by atoms with van der Waals surface area (Å²) in [4.78, 5) is 1.16. The molecule has 0 aliphatic heterocycles. The lowest BCUT2D eigenvalue weighted by molar-refractivity contribution is 0.583. The molecule has 3 nitrogen and oxygen atoms in total. The molecule has 108 valence electrons. The summed E-state index contributed by atoms with van der Waals surface area (Å²) >= 11 is 1.43. The van der Waals surface area contributed by atoms with Crippen LogP contribution < -0.4 is 5.32 Å². The molecule has 1 atom stereocenters. The van der Waals surface area contributed by atoms with Gasteiger partial charge in [0.05, 0.1) is 10.6 Å². The van der Waals surface area contributed by atoms with E-state index in [0.29, 0.717) is 0 Å². The Bertz CT molecular complexity index is 568. The van der Waals surface area contributed by atoms with E-state index in [9.17, 15) is 4.39 Å². The molecule has 5 heteroatoms. The van der Waals surface area contributed by atoms with E-state index in [1.54, 1.807) is 6.07 Å². The van der Waals surface area contributed by atoms with Gasteiger partial charge in [-0.25, -0.2) is 4.39 Å². The van der Waals surface area contributed by atoms with Crippen molar-refractivity contribution in [1.29, 1.82) is 0 Å². The maximum Gasteiger partial charge on any atom is 0.123 e. The molecule has 0 saturated heterocycles. The van der Waals surface area contributed by atoms with E-state index in [1.807, 2.05) is 20.0 Å². The highest BCUT2D eigenvalue weighted by Crippen LogP contribution is 2.26. The number of hydrogen-bond donors (Lipinski definition) is 1. The molecular formula is C15H20FN3S. The molecule has 0 saturated carbocycles. The molecule has 0 fully saturated rings. The summed E-state index contributed by atoms with van der Waals surface area (Å²) in [5, 5.41) is 7.52. The Kier molecular flexibility index (Phi) is 5.20. The SMILES string of the molecule is CCCc1nnsc1C(Cc1cc(F)ccc1C)NC. The normalized spacial score (nSPS) is 12.6. The van der Waals surface area contributed by atoms with E-state index in [-0.39, 0.29) is 11.9 Å². The third-order valence-electron chi connectivity index (χ3n) is 3.47. The number of aromatic nitrogens is 2. The minimum absolute atomic E-state index is 0.136. The van der Waals surface area contributed by atoms with Crippen molar-refractivity contribution < 1.29 is 4.39 Å². The van der Waals surface area contributed by atoms with Crippen LogP contribution in [0.4, 0.5) is 4.39 Å². The number of likely N-dealkylation sites (N-methyl/N-ethyl adjacent to an activating group) is 1. The van der Waals surface area contributed by atoms with Crippen molar-refractivity contribution >= 4 is 11.5 Å². The summed E-state index contributed by atoms with van der Waals surface area (Å²) < 4.78 is 17.5. The Balaban J connectivity index is 2.24. The van der Waals surface area contributed by atoms with Crippen LogP contribution in [0.15, 0.2) is 18.2 Å². The maximum absolute atomic E-state index is 13.4. The van der Waals surface area contributed by atoms with Gasteiger partial charge in [0.1, 0.15) is 5.82 Å². The van der Waals surface area contributed by atoms with Crippen molar-refractivity contribution in [2.24, 2.45) is 0 Å². The number of rotatable bonds is 6. The lowest BCUT2D eigenvalue weighted by Gasteiger charge is -2.17. The molecule has 1 aromatic heterocycles. The van der Waals surface area contributed by atoms with Gasteiger partial charge in [0.15, 0.2) is 0 Å². The predicted molar refractivity (Wildman–Crippen MR) is 80.5 cm³/mol. The molecule has 0 amide bonds. The number of nitrogens with one attached hydrogen (secondary N) is 1. The number of nitrogens with zero attached hydrogens (tertiary/aromatic N) is 2. The van der Waals surface area contributed by atoms with Crippen LogP contribution in [0.5, 0.6) is 0 Å². The van der Waals surface area contributed by atoms with Crippen molar-refractivity contribution in [2.45, 2.75) is 39.2 Å². The highest BCUT2D eigenvalue weighted by atomic mass is 32.1. The molecule has 1 N–H and O–H groups in total. The Morgan fingerprint density at radius 2 is 2.20 bits per heavy atom. The van der Waals surface area contributed by atoms with Gasteiger partial charge in [-0.3, -0.25) is 0 Å². The summed E-state index contributed by atoms with van der Waals surface area (Å²) in [6, 6.07) is 5.09. The molecule has 1 unspecified atom stereocenters. The Labute approximate surface area is 123 Å². The third kappa shape index (κ3) is 3.41. The van der Waals surface area contributed by atoms with Gasteiger partial charge in [0, 0.05) is 6.04 Å². The van der Waals surface area contributed by atoms with Crippen molar-refractivity contribution in [3.05, 3.63) is 45.7 Å². The van der Waals surface area contributed by atoms with Gasteiger partial charge in [-0.05, 0) is 61.6 Å². The van der Waals surface area contributed by atoms with Crippen LogP contribution in [-0.4, -0.2) is 16.6 Å². The van der Waals surface area contributed by atoms with Crippen LogP contribution in [0.2, 0.25) is 0 Å². The molecule has 0 spiro atoms. The van der Waals surface area contributed by atoms with E-state index < -0.39 is 0 Å². The molecule has 0 aliphatic rings. The van der Waals surface area contributed by atoms with E-state index in [2.05, 4.69) is 21.8 Å². The summed E-state index contributed by atoms with van der Waals surface area (Å²) in [5.41, 5.74) is 3.20. The van der Waals surface area contributed by atoms with Crippen molar-refractivity contribution in [3.8, 4) is 0 Å². The summed E-state index contributed by atoms with van der Waals surface area (Å²) in [6.07, 6.45) is 2.74. The minimum atomic E-state index is -0.184. The number of halogens is 1. The molecule has 0 aliphatic carbocycles. The van der Waals surface area contributed by atoms with Gasteiger partial charge in [-0.15, -0.1) is 5.10 Å². The second kappa shape index (κ2) is 6.90. The first-order valence-corrected chi connectivity index (χ1v) is 7.66. The van der Waals surface area contributed by atoms with Crippen molar-refractivity contribution in [3.63, 3.8) is 0 Å². The zero-order valence-electron chi connectivity index (χ0n) is 12.1. The smallest absolute Gasteiger partial charge is 0.123 e. The molecule has 2 aromatic rings.